The SMILES string of the molecule is CC#Cc1cc2cnc(Nc3ccc(CC4CCN(C)CC4)cc3)nc2n(Cc2cnccc2CCN(C)C)c1=O. The van der Waals surface area contributed by atoms with Crippen LogP contribution in [0.4, 0.5) is 11.6 Å². The lowest BCUT2D eigenvalue weighted by atomic mass is 9.90. The monoisotopic (exact) mass is 549 g/mol. The first-order valence-corrected chi connectivity index (χ1v) is 14.3. The smallest absolute Gasteiger partial charge is 0.268 e. The summed E-state index contributed by atoms with van der Waals surface area (Å²) in [6, 6.07) is 12.3. The summed E-state index contributed by atoms with van der Waals surface area (Å²) in [5.74, 6) is 7.02. The topological polar surface area (TPSA) is 79.2 Å². The number of hydrogen-bond acceptors (Lipinski definition) is 7. The molecule has 0 bridgehead atoms. The summed E-state index contributed by atoms with van der Waals surface area (Å²) in [6.45, 7) is 5.35. The Balaban J connectivity index is 1.42. The van der Waals surface area contributed by atoms with Crippen molar-refractivity contribution in [3.63, 3.8) is 0 Å². The first-order valence-electron chi connectivity index (χ1n) is 14.3. The molecule has 1 saturated heterocycles. The van der Waals surface area contributed by atoms with Gasteiger partial charge in [0.15, 0.2) is 0 Å². The fraction of sp³-hybridized carbons (Fsp3) is 0.394. The van der Waals surface area contributed by atoms with Crippen LogP contribution in [-0.4, -0.2) is 70.1 Å². The summed E-state index contributed by atoms with van der Waals surface area (Å²) >= 11 is 0. The largest absolute Gasteiger partial charge is 0.324 e. The lowest BCUT2D eigenvalue weighted by Crippen LogP contribution is -2.30. The van der Waals surface area contributed by atoms with Crippen molar-refractivity contribution in [3.8, 4) is 11.8 Å². The summed E-state index contributed by atoms with van der Waals surface area (Å²) in [6.07, 6.45) is 9.89. The highest BCUT2D eigenvalue weighted by Crippen LogP contribution is 2.23. The van der Waals surface area contributed by atoms with E-state index in [0.717, 1.165) is 47.5 Å². The number of aromatic nitrogens is 4. The van der Waals surface area contributed by atoms with Crippen LogP contribution in [0.25, 0.3) is 11.0 Å². The molecule has 5 rings (SSSR count). The van der Waals surface area contributed by atoms with E-state index in [1.807, 2.05) is 12.3 Å². The number of hydrogen-bond donors (Lipinski definition) is 1. The van der Waals surface area contributed by atoms with Gasteiger partial charge < -0.3 is 15.1 Å². The van der Waals surface area contributed by atoms with Gasteiger partial charge in [-0.15, -0.1) is 5.92 Å². The van der Waals surface area contributed by atoms with Crippen LogP contribution < -0.4 is 10.9 Å². The highest BCUT2D eigenvalue weighted by Gasteiger charge is 2.17. The zero-order chi connectivity index (χ0) is 28.8. The molecule has 1 aliphatic heterocycles. The Bertz CT molecular complexity index is 1610. The molecule has 8 heteroatoms. The van der Waals surface area contributed by atoms with Crippen LogP contribution in [0.2, 0.25) is 0 Å². The Kier molecular flexibility index (Phi) is 9.07. The molecular weight excluding hydrogens is 510 g/mol. The maximum Gasteiger partial charge on any atom is 0.268 e. The van der Waals surface area contributed by atoms with E-state index >= 15 is 0 Å². The molecule has 1 aliphatic rings. The van der Waals surface area contributed by atoms with Crippen LogP contribution in [0.15, 0.2) is 59.8 Å². The zero-order valence-electron chi connectivity index (χ0n) is 24.5. The van der Waals surface area contributed by atoms with Gasteiger partial charge in [0, 0.05) is 36.2 Å². The van der Waals surface area contributed by atoms with Gasteiger partial charge in [-0.3, -0.25) is 14.3 Å². The lowest BCUT2D eigenvalue weighted by molar-refractivity contribution is 0.219. The van der Waals surface area contributed by atoms with Gasteiger partial charge in [-0.05, 0) is 114 Å². The van der Waals surface area contributed by atoms with Gasteiger partial charge in [-0.2, -0.15) is 4.98 Å². The zero-order valence-corrected chi connectivity index (χ0v) is 24.5. The molecule has 4 heterocycles. The molecule has 41 heavy (non-hydrogen) atoms. The number of anilines is 2. The van der Waals surface area contributed by atoms with Gasteiger partial charge in [-0.1, -0.05) is 18.1 Å². The van der Waals surface area contributed by atoms with E-state index in [1.54, 1.807) is 30.0 Å². The summed E-state index contributed by atoms with van der Waals surface area (Å²) in [7, 11) is 6.31. The third kappa shape index (κ3) is 7.18. The second-order valence-corrected chi connectivity index (χ2v) is 11.3. The van der Waals surface area contributed by atoms with Crippen molar-refractivity contribution in [2.75, 3.05) is 46.1 Å². The predicted octanol–water partition coefficient (Wildman–Crippen LogP) is 4.34. The highest BCUT2D eigenvalue weighted by molar-refractivity contribution is 5.77. The van der Waals surface area contributed by atoms with Gasteiger partial charge in [0.25, 0.3) is 5.56 Å². The van der Waals surface area contributed by atoms with Crippen molar-refractivity contribution >= 4 is 22.7 Å². The van der Waals surface area contributed by atoms with Gasteiger partial charge in [0.1, 0.15) is 5.65 Å². The number of pyridine rings is 2. The van der Waals surface area contributed by atoms with Crippen LogP contribution in [-0.2, 0) is 19.4 Å². The van der Waals surface area contributed by atoms with Crippen molar-refractivity contribution in [3.05, 3.63) is 87.6 Å². The molecule has 1 aromatic carbocycles. The van der Waals surface area contributed by atoms with Crippen molar-refractivity contribution in [1.82, 2.24) is 29.3 Å². The minimum Gasteiger partial charge on any atom is -0.324 e. The standard InChI is InChI=1S/C33H39N7O/c1-5-6-27-20-28-22-35-33(36-30-9-7-24(8-10-30)19-25-12-17-39(4)18-13-25)37-31(28)40(32(27)41)23-29-21-34-15-11-26(29)14-16-38(2)3/h7-11,15,20-22,25H,12-14,16-19,23H2,1-4H3,(H,35,36,37). The normalized spacial score (nSPS) is 14.3. The second-order valence-electron chi connectivity index (χ2n) is 11.3. The number of fused-ring (bicyclic) bond motifs is 1. The van der Waals surface area contributed by atoms with Gasteiger partial charge in [0.2, 0.25) is 5.95 Å². The maximum absolute atomic E-state index is 13.6. The van der Waals surface area contributed by atoms with Crippen molar-refractivity contribution in [1.29, 1.82) is 0 Å². The molecule has 0 aliphatic carbocycles. The van der Waals surface area contributed by atoms with Gasteiger partial charge in [0.05, 0.1) is 12.1 Å². The van der Waals surface area contributed by atoms with E-state index in [-0.39, 0.29) is 5.56 Å². The number of likely N-dealkylation sites (N-methyl/N-ethyl adjacent to an activating group) is 1. The Morgan fingerprint density at radius 1 is 1.07 bits per heavy atom. The lowest BCUT2D eigenvalue weighted by Gasteiger charge is -2.28. The average molecular weight is 550 g/mol. The van der Waals surface area contributed by atoms with E-state index in [2.05, 4.69) is 82.3 Å². The minimum absolute atomic E-state index is 0.169. The molecule has 1 fully saturated rings. The fourth-order valence-electron chi connectivity index (χ4n) is 5.40. The molecule has 0 amide bonds. The number of piperidine rings is 1. The Hall–Kier alpha value is -4.06. The molecular formula is C33H39N7O. The summed E-state index contributed by atoms with van der Waals surface area (Å²) in [5.41, 5.74) is 5.25. The Morgan fingerprint density at radius 2 is 1.85 bits per heavy atom. The Morgan fingerprint density at radius 3 is 2.59 bits per heavy atom. The third-order valence-corrected chi connectivity index (χ3v) is 7.82. The molecule has 212 valence electrons. The van der Waals surface area contributed by atoms with Crippen molar-refractivity contribution in [2.45, 2.75) is 39.2 Å². The number of likely N-dealkylation sites (tertiary alicyclic amines) is 1. The molecule has 0 spiro atoms. The molecule has 0 unspecified atom stereocenters. The maximum atomic E-state index is 13.6. The summed E-state index contributed by atoms with van der Waals surface area (Å²) < 4.78 is 1.70. The van der Waals surface area contributed by atoms with Crippen LogP contribution in [0.1, 0.15) is 42.0 Å². The van der Waals surface area contributed by atoms with Gasteiger partial charge >= 0.3 is 0 Å². The van der Waals surface area contributed by atoms with Crippen molar-refractivity contribution in [2.24, 2.45) is 5.92 Å². The van der Waals surface area contributed by atoms with E-state index in [1.165, 1.54) is 31.5 Å². The average Bonchev–Trinajstić information content (AvgIpc) is 2.97. The molecule has 1 N–H and O–H groups in total. The quantitative estimate of drug-likeness (QED) is 0.311. The molecule has 0 saturated carbocycles. The van der Waals surface area contributed by atoms with E-state index in [0.29, 0.717) is 23.7 Å². The first-order chi connectivity index (χ1) is 19.9. The number of nitrogens with zero attached hydrogens (tertiary/aromatic N) is 6. The number of nitrogens with one attached hydrogen (secondary N) is 1. The summed E-state index contributed by atoms with van der Waals surface area (Å²) in [5, 5.41) is 4.10. The summed E-state index contributed by atoms with van der Waals surface area (Å²) in [4.78, 5) is 31.9. The number of rotatable bonds is 9. The van der Waals surface area contributed by atoms with Crippen molar-refractivity contribution < 1.29 is 0 Å². The fourth-order valence-corrected chi connectivity index (χ4v) is 5.40. The molecule has 4 aromatic rings. The third-order valence-electron chi connectivity index (χ3n) is 7.82. The minimum atomic E-state index is -0.169. The van der Waals surface area contributed by atoms with Crippen LogP contribution >= 0.6 is 0 Å². The van der Waals surface area contributed by atoms with Crippen LogP contribution in [0.3, 0.4) is 0 Å². The number of benzene rings is 1. The van der Waals surface area contributed by atoms with Crippen LogP contribution in [0.5, 0.6) is 0 Å². The predicted molar refractivity (Wildman–Crippen MR) is 166 cm³/mol. The van der Waals surface area contributed by atoms with Gasteiger partial charge in [-0.25, -0.2) is 4.98 Å². The van der Waals surface area contributed by atoms with E-state index in [4.69, 9.17) is 4.98 Å². The first kappa shape index (κ1) is 28.5. The molecule has 0 radical (unpaired) electrons. The highest BCUT2D eigenvalue weighted by atomic mass is 16.1. The van der Waals surface area contributed by atoms with E-state index in [9.17, 15) is 4.79 Å². The Labute approximate surface area is 242 Å². The second kappa shape index (κ2) is 13.1. The van der Waals surface area contributed by atoms with Crippen LogP contribution in [0, 0.1) is 17.8 Å². The molecule has 8 nitrogen and oxygen atoms in total. The molecule has 3 aromatic heterocycles. The van der Waals surface area contributed by atoms with E-state index < -0.39 is 0 Å². The molecule has 0 atom stereocenters.